The molecule has 3 atom stereocenters. The van der Waals surface area contributed by atoms with Crippen LogP contribution in [0, 0.1) is 11.8 Å². The van der Waals surface area contributed by atoms with Crippen LogP contribution in [0.1, 0.15) is 130 Å². The van der Waals surface area contributed by atoms with Crippen molar-refractivity contribution in [3.05, 3.63) is 83.9 Å². The Balaban J connectivity index is 1.90. The Morgan fingerprint density at radius 1 is 0.889 bits per heavy atom. The van der Waals surface area contributed by atoms with E-state index in [0.717, 1.165) is 48.6 Å². The highest BCUT2D eigenvalue weighted by Gasteiger charge is 2.61. The van der Waals surface area contributed by atoms with Crippen molar-refractivity contribution in [1.29, 1.82) is 0 Å². The number of imide groups is 1. The minimum Gasteiger partial charge on any atom is -0.458 e. The molecular formula is C44H63F2NO6S. The van der Waals surface area contributed by atoms with Crippen molar-refractivity contribution in [1.82, 2.24) is 4.90 Å². The van der Waals surface area contributed by atoms with Crippen molar-refractivity contribution in [2.45, 2.75) is 147 Å². The van der Waals surface area contributed by atoms with Gasteiger partial charge in [0.1, 0.15) is 5.60 Å². The van der Waals surface area contributed by atoms with Gasteiger partial charge in [0.25, 0.3) is 5.24 Å². The third-order valence-electron chi connectivity index (χ3n) is 9.95. The Labute approximate surface area is 326 Å². The summed E-state index contributed by atoms with van der Waals surface area (Å²) in [4.78, 5) is 44.3. The summed E-state index contributed by atoms with van der Waals surface area (Å²) < 4.78 is 38.8. The van der Waals surface area contributed by atoms with E-state index in [1.165, 1.54) is 18.1 Å². The molecule has 1 saturated heterocycles. The number of carbonyl (C=O) groups excluding carboxylic acids is 3. The lowest BCUT2D eigenvalue weighted by molar-refractivity contribution is -0.190. The minimum absolute atomic E-state index is 0.0651. The summed E-state index contributed by atoms with van der Waals surface area (Å²) in [6.45, 7) is 10.4. The summed E-state index contributed by atoms with van der Waals surface area (Å²) in [6, 6.07) is 18.5. The molecule has 0 bridgehead atoms. The molecule has 0 aromatic heterocycles. The lowest BCUT2D eigenvalue weighted by Crippen LogP contribution is -2.59. The quantitative estimate of drug-likeness (QED) is 0.0724. The highest BCUT2D eigenvalue weighted by atomic mass is 32.2. The third-order valence-corrected chi connectivity index (χ3v) is 11.4. The molecule has 0 radical (unpaired) electrons. The van der Waals surface area contributed by atoms with Gasteiger partial charge in [-0.25, -0.2) is 13.6 Å². The second kappa shape index (κ2) is 20.7. The predicted octanol–water partition coefficient (Wildman–Crippen LogP) is 10.9. The van der Waals surface area contributed by atoms with Gasteiger partial charge in [-0.05, 0) is 75.3 Å². The monoisotopic (exact) mass is 771 g/mol. The Hall–Kier alpha value is -3.08. The van der Waals surface area contributed by atoms with Crippen molar-refractivity contribution in [2.75, 3.05) is 13.7 Å². The number of ether oxygens (including phenoxy) is 2. The molecule has 1 fully saturated rings. The van der Waals surface area contributed by atoms with Crippen LogP contribution in [-0.4, -0.2) is 64.0 Å². The number of unbranched alkanes of at least 4 members (excludes halogenated alkanes) is 8. The van der Waals surface area contributed by atoms with Gasteiger partial charge in [-0.2, -0.15) is 0 Å². The van der Waals surface area contributed by atoms with Gasteiger partial charge in [-0.3, -0.25) is 14.5 Å². The van der Waals surface area contributed by atoms with Crippen LogP contribution >= 0.6 is 11.8 Å². The van der Waals surface area contributed by atoms with Gasteiger partial charge in [0.2, 0.25) is 17.4 Å². The lowest BCUT2D eigenvalue weighted by atomic mass is 9.77. The van der Waals surface area contributed by atoms with Crippen LogP contribution in [-0.2, 0) is 23.8 Å². The van der Waals surface area contributed by atoms with E-state index in [4.69, 9.17) is 9.47 Å². The largest absolute Gasteiger partial charge is 0.458 e. The van der Waals surface area contributed by atoms with Gasteiger partial charge >= 0.3 is 5.97 Å². The fourth-order valence-electron chi connectivity index (χ4n) is 7.34. The number of carbonyl (C=O) groups is 3. The van der Waals surface area contributed by atoms with Crippen LogP contribution < -0.4 is 0 Å². The topological polar surface area (TPSA) is 93.1 Å². The van der Waals surface area contributed by atoms with Gasteiger partial charge in [0.05, 0.1) is 23.3 Å². The van der Waals surface area contributed by atoms with Crippen molar-refractivity contribution < 1.29 is 37.7 Å². The molecule has 1 aliphatic heterocycles. The van der Waals surface area contributed by atoms with Gasteiger partial charge in [-0.1, -0.05) is 132 Å². The predicted molar refractivity (Wildman–Crippen MR) is 213 cm³/mol. The maximum atomic E-state index is 15.0. The Morgan fingerprint density at radius 3 is 1.89 bits per heavy atom. The molecule has 1 N–H and O–H groups in total. The van der Waals surface area contributed by atoms with Crippen molar-refractivity contribution >= 4 is 28.9 Å². The summed E-state index contributed by atoms with van der Waals surface area (Å²) in [7, 11) is 1.32. The van der Waals surface area contributed by atoms with Crippen molar-refractivity contribution in [3.63, 3.8) is 0 Å². The zero-order chi connectivity index (χ0) is 40.0. The molecule has 3 rings (SSSR count). The molecule has 300 valence electrons. The fraction of sp³-hybridized carbons (Fsp3) is 0.614. The van der Waals surface area contributed by atoms with Crippen LogP contribution in [0.5, 0.6) is 0 Å². The van der Waals surface area contributed by atoms with Crippen LogP contribution in [0.3, 0.4) is 0 Å². The van der Waals surface area contributed by atoms with E-state index in [-0.39, 0.29) is 18.8 Å². The van der Waals surface area contributed by atoms with E-state index in [2.05, 4.69) is 6.92 Å². The van der Waals surface area contributed by atoms with Crippen LogP contribution in [0.4, 0.5) is 13.6 Å². The van der Waals surface area contributed by atoms with Gasteiger partial charge < -0.3 is 14.6 Å². The van der Waals surface area contributed by atoms with E-state index in [1.807, 2.05) is 74.5 Å². The number of aliphatic hydroxyl groups is 1. The lowest BCUT2D eigenvalue weighted by Gasteiger charge is -2.41. The normalized spacial score (nSPS) is 17.9. The molecule has 2 aromatic carbocycles. The molecule has 10 heteroatoms. The molecule has 2 aromatic rings. The number of amides is 2. The number of allylic oxidation sites excluding steroid dienone is 1. The zero-order valence-corrected chi connectivity index (χ0v) is 34.3. The van der Waals surface area contributed by atoms with Crippen LogP contribution in [0.25, 0.3) is 0 Å². The number of thioether (sulfide) groups is 1. The molecule has 7 nitrogen and oxygen atoms in total. The first kappa shape index (κ1) is 45.3. The fourth-order valence-corrected chi connectivity index (χ4v) is 8.92. The second-order valence-electron chi connectivity index (χ2n) is 16.0. The summed E-state index contributed by atoms with van der Waals surface area (Å²) in [6.07, 6.45) is 10.5. The third kappa shape index (κ3) is 12.0. The average Bonchev–Trinajstić information content (AvgIpc) is 3.44. The molecule has 0 spiro atoms. The van der Waals surface area contributed by atoms with Crippen LogP contribution in [0.15, 0.2) is 72.8 Å². The zero-order valence-electron chi connectivity index (χ0n) is 33.5. The van der Waals surface area contributed by atoms with Gasteiger partial charge in [0.15, 0.2) is 0 Å². The van der Waals surface area contributed by atoms with Crippen LogP contribution in [0.2, 0.25) is 0 Å². The smallest absolute Gasteiger partial charge is 0.342 e. The first-order valence-electron chi connectivity index (χ1n) is 19.7. The molecular weight excluding hydrogens is 709 g/mol. The summed E-state index contributed by atoms with van der Waals surface area (Å²) in [5.41, 5.74) is -1.76. The highest BCUT2D eigenvalue weighted by Crippen LogP contribution is 2.56. The first-order chi connectivity index (χ1) is 25.5. The summed E-state index contributed by atoms with van der Waals surface area (Å²) >= 11 is 1.06. The van der Waals surface area contributed by atoms with E-state index < -0.39 is 57.6 Å². The SMILES string of the molecule is CCCCCCCC(F)(F)CCCCCC/C=C/[C@H](C(=O)N1C(=O)SC(c2ccccc2)(c2ccccc2)[C@@H]1C(C)C)[C@@](O)(COC)C(=O)OC(C)(C)C. The number of halogens is 2. The number of hydrogen-bond acceptors (Lipinski definition) is 7. The van der Waals surface area contributed by atoms with E-state index in [9.17, 15) is 28.3 Å². The number of esters is 1. The average molecular weight is 772 g/mol. The molecule has 0 aliphatic carbocycles. The molecule has 54 heavy (non-hydrogen) atoms. The number of alkyl halides is 2. The molecule has 0 saturated carbocycles. The van der Waals surface area contributed by atoms with Crippen molar-refractivity contribution in [2.24, 2.45) is 11.8 Å². The van der Waals surface area contributed by atoms with Gasteiger partial charge in [-0.15, -0.1) is 0 Å². The Bertz CT molecular complexity index is 1460. The van der Waals surface area contributed by atoms with Gasteiger partial charge in [0, 0.05) is 20.0 Å². The molecule has 0 unspecified atom stereocenters. The first-order valence-corrected chi connectivity index (χ1v) is 20.5. The molecule has 2 amide bonds. The standard InChI is InChI=1S/C44H63F2NO6S/c1-8-9-10-14-23-30-42(45,46)31-24-15-12-11-13-22-29-36(43(51,32-52-7)39(49)53-41(4,5)6)38(48)47-37(33(2)3)44(54-40(47)50,34-25-18-16-19-26-34)35-27-20-17-21-28-35/h16-22,25-29,33,36-37,51H,8-15,23-24,30-32H2,1-7H3/b29-22+/t36-,37+,43+/m1/s1. The number of benzene rings is 2. The number of nitrogens with zero attached hydrogens (tertiary/aromatic N) is 1. The number of methoxy groups -OCH3 is 1. The molecule has 1 aliphatic rings. The van der Waals surface area contributed by atoms with E-state index in [1.54, 1.807) is 26.8 Å². The van der Waals surface area contributed by atoms with E-state index >= 15 is 0 Å². The Morgan fingerprint density at radius 2 is 1.41 bits per heavy atom. The minimum atomic E-state index is -2.65. The highest BCUT2D eigenvalue weighted by molar-refractivity contribution is 8.15. The number of rotatable bonds is 22. The maximum Gasteiger partial charge on any atom is 0.342 e. The molecule has 1 heterocycles. The summed E-state index contributed by atoms with van der Waals surface area (Å²) in [5.74, 6) is -6.19. The van der Waals surface area contributed by atoms with Crippen molar-refractivity contribution in [3.8, 4) is 0 Å². The summed E-state index contributed by atoms with van der Waals surface area (Å²) in [5, 5.41) is 11.7. The maximum absolute atomic E-state index is 15.0. The number of hydrogen-bond donors (Lipinski definition) is 1. The Kier molecular flexibility index (Phi) is 17.4. The van der Waals surface area contributed by atoms with E-state index in [0.29, 0.717) is 38.5 Å². The second-order valence-corrected chi connectivity index (χ2v) is 17.2.